The highest BCUT2D eigenvalue weighted by atomic mass is 127. The summed E-state index contributed by atoms with van der Waals surface area (Å²) in [7, 11) is 0. The number of benzene rings is 2. The molecule has 0 spiro atoms. The van der Waals surface area contributed by atoms with Crippen molar-refractivity contribution in [2.45, 2.75) is 13.8 Å². The lowest BCUT2D eigenvalue weighted by Gasteiger charge is -2.08. The molecule has 0 radical (unpaired) electrons. The van der Waals surface area contributed by atoms with E-state index in [4.69, 9.17) is 4.74 Å². The van der Waals surface area contributed by atoms with Gasteiger partial charge in [0, 0.05) is 14.8 Å². The van der Waals surface area contributed by atoms with Gasteiger partial charge in [-0.15, -0.1) is 0 Å². The molecule has 0 unspecified atom stereocenters. The Balaban J connectivity index is 1.76. The van der Waals surface area contributed by atoms with Crippen molar-refractivity contribution >= 4 is 46.1 Å². The molecular weight excluding hydrogens is 447 g/mol. The molecule has 2 amide bonds. The first-order valence-corrected chi connectivity index (χ1v) is 8.99. The van der Waals surface area contributed by atoms with E-state index in [9.17, 15) is 14.4 Å². The summed E-state index contributed by atoms with van der Waals surface area (Å²) >= 11 is 2.13. The van der Waals surface area contributed by atoms with Gasteiger partial charge >= 0.3 is 5.97 Å². The number of aryl methyl sites for hydroxylation is 2. The number of amides is 2. The third-order valence-electron chi connectivity index (χ3n) is 3.35. The van der Waals surface area contributed by atoms with Gasteiger partial charge in [0.05, 0.1) is 0 Å². The first kappa shape index (κ1) is 19.9. The SMILES string of the molecule is Cc1cc(C)cc(C(=O)NCC(=O)OCC(=O)Nc2cccc(I)c2)c1. The topological polar surface area (TPSA) is 84.5 Å². The van der Waals surface area contributed by atoms with Gasteiger partial charge in [-0.25, -0.2) is 0 Å². The van der Waals surface area contributed by atoms with Gasteiger partial charge in [-0.05, 0) is 66.8 Å². The maximum atomic E-state index is 12.1. The average Bonchev–Trinajstić information content (AvgIpc) is 2.57. The molecule has 0 saturated heterocycles. The standard InChI is InChI=1S/C19H19IN2O4/c1-12-6-13(2)8-14(7-12)19(25)21-10-18(24)26-11-17(23)22-16-5-3-4-15(20)9-16/h3-9H,10-11H2,1-2H3,(H,21,25)(H,22,23). The minimum absolute atomic E-state index is 0.303. The summed E-state index contributed by atoms with van der Waals surface area (Å²) in [5.74, 6) is -1.49. The van der Waals surface area contributed by atoms with Crippen LogP contribution in [0.15, 0.2) is 42.5 Å². The van der Waals surface area contributed by atoms with Crippen LogP contribution in [-0.2, 0) is 14.3 Å². The Morgan fingerprint density at radius 1 is 1.04 bits per heavy atom. The minimum atomic E-state index is -0.680. The molecule has 6 nitrogen and oxygen atoms in total. The highest BCUT2D eigenvalue weighted by molar-refractivity contribution is 14.1. The van der Waals surface area contributed by atoms with Gasteiger partial charge < -0.3 is 15.4 Å². The van der Waals surface area contributed by atoms with E-state index >= 15 is 0 Å². The fourth-order valence-electron chi connectivity index (χ4n) is 2.32. The summed E-state index contributed by atoms with van der Waals surface area (Å²) in [6, 6.07) is 12.7. The molecule has 0 aromatic heterocycles. The predicted molar refractivity (Wildman–Crippen MR) is 107 cm³/mol. The number of carbonyl (C=O) groups is 3. The molecule has 2 aromatic carbocycles. The highest BCUT2D eigenvalue weighted by Gasteiger charge is 2.11. The zero-order chi connectivity index (χ0) is 19.1. The molecule has 2 aromatic rings. The van der Waals surface area contributed by atoms with Gasteiger partial charge in [0.15, 0.2) is 6.61 Å². The van der Waals surface area contributed by atoms with Crippen LogP contribution in [0, 0.1) is 17.4 Å². The minimum Gasteiger partial charge on any atom is -0.454 e. The van der Waals surface area contributed by atoms with Gasteiger partial charge in [0.2, 0.25) is 0 Å². The van der Waals surface area contributed by atoms with Crippen molar-refractivity contribution in [1.29, 1.82) is 0 Å². The molecule has 2 rings (SSSR count). The fourth-order valence-corrected chi connectivity index (χ4v) is 2.86. The van der Waals surface area contributed by atoms with E-state index in [1.165, 1.54) is 0 Å². The predicted octanol–water partition coefficient (Wildman–Crippen LogP) is 2.82. The Kier molecular flexibility index (Phi) is 7.14. The van der Waals surface area contributed by atoms with Crippen LogP contribution in [0.1, 0.15) is 21.5 Å². The Hall–Kier alpha value is -2.42. The molecule has 0 aliphatic carbocycles. The lowest BCUT2D eigenvalue weighted by Crippen LogP contribution is -2.32. The van der Waals surface area contributed by atoms with Gasteiger partial charge in [-0.1, -0.05) is 23.3 Å². The molecule has 136 valence electrons. The van der Waals surface area contributed by atoms with Crippen molar-refractivity contribution in [3.05, 3.63) is 62.7 Å². The second-order valence-electron chi connectivity index (χ2n) is 5.78. The van der Waals surface area contributed by atoms with Crippen LogP contribution in [0.5, 0.6) is 0 Å². The lowest BCUT2D eigenvalue weighted by atomic mass is 10.1. The molecule has 0 aliphatic heterocycles. The maximum absolute atomic E-state index is 12.1. The second-order valence-corrected chi connectivity index (χ2v) is 7.02. The van der Waals surface area contributed by atoms with E-state index in [0.29, 0.717) is 11.3 Å². The number of hydrogen-bond donors (Lipinski definition) is 2. The van der Waals surface area contributed by atoms with Crippen LogP contribution < -0.4 is 10.6 Å². The molecule has 0 bridgehead atoms. The molecule has 0 fully saturated rings. The van der Waals surface area contributed by atoms with Crippen LogP contribution in [0.4, 0.5) is 5.69 Å². The molecule has 0 saturated carbocycles. The summed E-state index contributed by atoms with van der Waals surface area (Å²) in [6.07, 6.45) is 0. The normalized spacial score (nSPS) is 10.1. The van der Waals surface area contributed by atoms with Gasteiger partial charge in [0.25, 0.3) is 11.8 Å². The van der Waals surface area contributed by atoms with E-state index in [0.717, 1.165) is 14.7 Å². The number of nitrogens with one attached hydrogen (secondary N) is 2. The quantitative estimate of drug-likeness (QED) is 0.507. The zero-order valence-corrected chi connectivity index (χ0v) is 16.6. The highest BCUT2D eigenvalue weighted by Crippen LogP contribution is 2.12. The largest absolute Gasteiger partial charge is 0.454 e. The first-order chi connectivity index (χ1) is 12.3. The van der Waals surface area contributed by atoms with Crippen molar-refractivity contribution in [2.75, 3.05) is 18.5 Å². The summed E-state index contributed by atoms with van der Waals surface area (Å²) < 4.78 is 5.85. The molecule has 26 heavy (non-hydrogen) atoms. The molecule has 2 N–H and O–H groups in total. The van der Waals surface area contributed by atoms with Crippen LogP contribution in [0.2, 0.25) is 0 Å². The first-order valence-electron chi connectivity index (χ1n) is 7.91. The van der Waals surface area contributed by atoms with Crippen LogP contribution in [0.3, 0.4) is 0 Å². The number of carbonyl (C=O) groups excluding carboxylic acids is 3. The molecule has 0 atom stereocenters. The van der Waals surface area contributed by atoms with Crippen molar-refractivity contribution in [3.8, 4) is 0 Å². The van der Waals surface area contributed by atoms with Crippen molar-refractivity contribution in [2.24, 2.45) is 0 Å². The summed E-state index contributed by atoms with van der Waals surface area (Å²) in [5, 5.41) is 5.12. The van der Waals surface area contributed by atoms with E-state index in [-0.39, 0.29) is 12.5 Å². The number of ether oxygens (including phenoxy) is 1. The number of halogens is 1. The third kappa shape index (κ3) is 6.47. The Labute approximate surface area is 165 Å². The smallest absolute Gasteiger partial charge is 0.325 e. The lowest BCUT2D eigenvalue weighted by molar-refractivity contribution is -0.146. The van der Waals surface area contributed by atoms with Gasteiger partial charge in [-0.3, -0.25) is 14.4 Å². The molecular formula is C19H19IN2O4. The Morgan fingerprint density at radius 3 is 2.38 bits per heavy atom. The van der Waals surface area contributed by atoms with E-state index in [1.54, 1.807) is 24.3 Å². The summed E-state index contributed by atoms with van der Waals surface area (Å²) in [4.78, 5) is 35.6. The van der Waals surface area contributed by atoms with Crippen LogP contribution in [-0.4, -0.2) is 30.9 Å². The summed E-state index contributed by atoms with van der Waals surface area (Å²) in [5.41, 5.74) is 3.03. The van der Waals surface area contributed by atoms with Crippen LogP contribution in [0.25, 0.3) is 0 Å². The van der Waals surface area contributed by atoms with Crippen molar-refractivity contribution < 1.29 is 19.1 Å². The third-order valence-corrected chi connectivity index (χ3v) is 4.02. The monoisotopic (exact) mass is 466 g/mol. The molecule has 0 aliphatic rings. The average molecular weight is 466 g/mol. The fraction of sp³-hybridized carbons (Fsp3) is 0.211. The van der Waals surface area contributed by atoms with Gasteiger partial charge in [-0.2, -0.15) is 0 Å². The maximum Gasteiger partial charge on any atom is 0.325 e. The van der Waals surface area contributed by atoms with E-state index in [2.05, 4.69) is 33.2 Å². The molecule has 7 heteroatoms. The number of esters is 1. The van der Waals surface area contributed by atoms with E-state index < -0.39 is 18.5 Å². The van der Waals surface area contributed by atoms with Crippen LogP contribution >= 0.6 is 22.6 Å². The van der Waals surface area contributed by atoms with Crippen molar-refractivity contribution in [1.82, 2.24) is 5.32 Å². The number of rotatable bonds is 6. The summed E-state index contributed by atoms with van der Waals surface area (Å²) in [6.45, 7) is 3.07. The number of hydrogen-bond acceptors (Lipinski definition) is 4. The number of anilines is 1. The Bertz CT molecular complexity index is 816. The molecule has 0 heterocycles. The zero-order valence-electron chi connectivity index (χ0n) is 14.5. The van der Waals surface area contributed by atoms with E-state index in [1.807, 2.05) is 32.0 Å². The van der Waals surface area contributed by atoms with Crippen molar-refractivity contribution in [3.63, 3.8) is 0 Å². The second kappa shape index (κ2) is 9.33. The Morgan fingerprint density at radius 2 is 1.73 bits per heavy atom. The van der Waals surface area contributed by atoms with Gasteiger partial charge in [0.1, 0.15) is 6.54 Å².